The summed E-state index contributed by atoms with van der Waals surface area (Å²) >= 11 is 5.68. The molecule has 2 fully saturated rings. The molecule has 2 aliphatic heterocycles. The molecule has 1 N–H and O–H groups in total. The lowest BCUT2D eigenvalue weighted by Crippen LogP contribution is -2.25. The molecule has 0 radical (unpaired) electrons. The predicted octanol–water partition coefficient (Wildman–Crippen LogP) is 2.13. The average Bonchev–Trinajstić information content (AvgIpc) is 2.84. The number of hydrogen-bond acceptors (Lipinski definition) is 2. The monoisotopic (exact) mass is 254 g/mol. The number of nitrogens with zero attached hydrogens (tertiary/aromatic N) is 1. The highest BCUT2D eigenvalue weighted by Gasteiger charge is 2.35. The molecule has 2 atom stereocenters. The van der Waals surface area contributed by atoms with Gasteiger partial charge in [0.05, 0.1) is 5.02 Å². The fraction of sp³-hybridized carbons (Fsp3) is 0.538. The lowest BCUT2D eigenvalue weighted by molar-refractivity contribution is 0.305. The number of nitrogens with one attached hydrogen (secondary N) is 1. The lowest BCUT2D eigenvalue weighted by atomic mass is 10.0. The largest absolute Gasteiger partial charge is 0.316 e. The zero-order valence-corrected chi connectivity index (χ0v) is 10.4. The van der Waals surface area contributed by atoms with Crippen LogP contribution in [-0.2, 0) is 6.54 Å². The van der Waals surface area contributed by atoms with Crippen molar-refractivity contribution in [1.82, 2.24) is 10.2 Å². The van der Waals surface area contributed by atoms with Crippen LogP contribution in [0.25, 0.3) is 0 Å². The number of rotatable bonds is 2. The van der Waals surface area contributed by atoms with Crippen molar-refractivity contribution >= 4 is 11.6 Å². The molecule has 0 saturated carbocycles. The van der Waals surface area contributed by atoms with E-state index in [4.69, 9.17) is 11.6 Å². The van der Waals surface area contributed by atoms with E-state index < -0.39 is 0 Å². The van der Waals surface area contributed by atoms with E-state index >= 15 is 0 Å². The first-order chi connectivity index (χ1) is 8.22. The van der Waals surface area contributed by atoms with Gasteiger partial charge in [0.25, 0.3) is 0 Å². The Labute approximate surface area is 106 Å². The number of hydrogen-bond donors (Lipinski definition) is 1. The first kappa shape index (κ1) is 11.5. The van der Waals surface area contributed by atoms with Crippen LogP contribution in [0, 0.1) is 17.7 Å². The minimum atomic E-state index is -0.315. The SMILES string of the molecule is Fc1cc(CN2CC3CNCC3C2)ccc1Cl. The van der Waals surface area contributed by atoms with Crippen molar-refractivity contribution < 1.29 is 4.39 Å². The molecule has 1 aromatic carbocycles. The summed E-state index contributed by atoms with van der Waals surface area (Å²) in [6.45, 7) is 5.36. The van der Waals surface area contributed by atoms with Crippen LogP contribution >= 0.6 is 11.6 Å². The molecule has 92 valence electrons. The van der Waals surface area contributed by atoms with Gasteiger partial charge in [-0.3, -0.25) is 4.90 Å². The van der Waals surface area contributed by atoms with Crippen molar-refractivity contribution in [3.05, 3.63) is 34.6 Å². The van der Waals surface area contributed by atoms with Gasteiger partial charge >= 0.3 is 0 Å². The second-order valence-electron chi connectivity index (χ2n) is 5.12. The standard InChI is InChI=1S/C13H16ClFN2/c14-12-2-1-9(3-13(12)15)6-17-7-10-4-16-5-11(10)8-17/h1-3,10-11,16H,4-8H2. The van der Waals surface area contributed by atoms with E-state index in [9.17, 15) is 4.39 Å². The van der Waals surface area contributed by atoms with Gasteiger partial charge in [0.1, 0.15) is 5.82 Å². The van der Waals surface area contributed by atoms with Crippen LogP contribution in [0.5, 0.6) is 0 Å². The summed E-state index contributed by atoms with van der Waals surface area (Å²) in [6, 6.07) is 5.11. The molecular weight excluding hydrogens is 239 g/mol. The molecule has 2 aliphatic rings. The lowest BCUT2D eigenvalue weighted by Gasteiger charge is -2.17. The Kier molecular flexibility index (Phi) is 3.07. The van der Waals surface area contributed by atoms with Crippen molar-refractivity contribution in [2.75, 3.05) is 26.2 Å². The van der Waals surface area contributed by atoms with Gasteiger partial charge in [-0.1, -0.05) is 17.7 Å². The number of halogens is 2. The van der Waals surface area contributed by atoms with Crippen LogP contribution in [0.3, 0.4) is 0 Å². The summed E-state index contributed by atoms with van der Waals surface area (Å²) < 4.78 is 13.3. The minimum Gasteiger partial charge on any atom is -0.316 e. The molecule has 0 aromatic heterocycles. The van der Waals surface area contributed by atoms with Gasteiger partial charge in [0, 0.05) is 19.6 Å². The van der Waals surface area contributed by atoms with E-state index in [1.807, 2.05) is 6.07 Å². The van der Waals surface area contributed by atoms with Crippen LogP contribution in [0.2, 0.25) is 5.02 Å². The summed E-state index contributed by atoms with van der Waals surface area (Å²) in [5, 5.41) is 3.63. The first-order valence-electron chi connectivity index (χ1n) is 6.09. The van der Waals surface area contributed by atoms with Crippen LogP contribution in [-0.4, -0.2) is 31.1 Å². The number of benzene rings is 1. The van der Waals surface area contributed by atoms with E-state index in [-0.39, 0.29) is 10.8 Å². The maximum absolute atomic E-state index is 13.3. The van der Waals surface area contributed by atoms with Crippen LogP contribution in [0.1, 0.15) is 5.56 Å². The second kappa shape index (κ2) is 4.56. The minimum absolute atomic E-state index is 0.205. The molecule has 0 spiro atoms. The number of fused-ring (bicyclic) bond motifs is 1. The average molecular weight is 255 g/mol. The van der Waals surface area contributed by atoms with Crippen molar-refractivity contribution in [2.45, 2.75) is 6.54 Å². The van der Waals surface area contributed by atoms with Crippen molar-refractivity contribution in [3.8, 4) is 0 Å². The predicted molar refractivity (Wildman–Crippen MR) is 66.5 cm³/mol. The summed E-state index contributed by atoms with van der Waals surface area (Å²) in [7, 11) is 0. The molecule has 2 heterocycles. The summed E-state index contributed by atoms with van der Waals surface area (Å²) in [6.07, 6.45) is 0. The maximum Gasteiger partial charge on any atom is 0.142 e. The highest BCUT2D eigenvalue weighted by Crippen LogP contribution is 2.27. The third-order valence-electron chi connectivity index (χ3n) is 3.86. The van der Waals surface area contributed by atoms with Gasteiger partial charge < -0.3 is 5.32 Å². The van der Waals surface area contributed by atoms with Gasteiger partial charge in [-0.2, -0.15) is 0 Å². The molecule has 3 rings (SSSR count). The molecule has 0 amide bonds. The Morgan fingerprint density at radius 1 is 1.29 bits per heavy atom. The van der Waals surface area contributed by atoms with Crippen LogP contribution in [0.4, 0.5) is 4.39 Å². The Morgan fingerprint density at radius 2 is 2.00 bits per heavy atom. The van der Waals surface area contributed by atoms with E-state index in [0.29, 0.717) is 0 Å². The fourth-order valence-electron chi connectivity index (χ4n) is 2.98. The molecular formula is C13H16ClFN2. The molecule has 2 unspecified atom stereocenters. The van der Waals surface area contributed by atoms with Gasteiger partial charge in [-0.05, 0) is 42.6 Å². The molecule has 2 nitrogen and oxygen atoms in total. The van der Waals surface area contributed by atoms with Crippen molar-refractivity contribution in [1.29, 1.82) is 0 Å². The molecule has 0 aliphatic carbocycles. The Morgan fingerprint density at radius 3 is 2.65 bits per heavy atom. The maximum atomic E-state index is 13.3. The highest BCUT2D eigenvalue weighted by atomic mass is 35.5. The van der Waals surface area contributed by atoms with Crippen molar-refractivity contribution in [2.24, 2.45) is 11.8 Å². The van der Waals surface area contributed by atoms with Gasteiger partial charge in [-0.25, -0.2) is 4.39 Å². The third-order valence-corrected chi connectivity index (χ3v) is 4.16. The third kappa shape index (κ3) is 2.32. The molecule has 17 heavy (non-hydrogen) atoms. The zero-order chi connectivity index (χ0) is 11.8. The summed E-state index contributed by atoms with van der Waals surface area (Å²) in [5.41, 5.74) is 1.01. The van der Waals surface area contributed by atoms with E-state index in [0.717, 1.165) is 50.1 Å². The van der Waals surface area contributed by atoms with Crippen LogP contribution in [0.15, 0.2) is 18.2 Å². The van der Waals surface area contributed by atoms with E-state index in [1.165, 1.54) is 0 Å². The number of likely N-dealkylation sites (tertiary alicyclic amines) is 1. The van der Waals surface area contributed by atoms with Gasteiger partial charge in [0.2, 0.25) is 0 Å². The molecule has 1 aromatic rings. The topological polar surface area (TPSA) is 15.3 Å². The second-order valence-corrected chi connectivity index (χ2v) is 5.53. The first-order valence-corrected chi connectivity index (χ1v) is 6.47. The van der Waals surface area contributed by atoms with Crippen molar-refractivity contribution in [3.63, 3.8) is 0 Å². The summed E-state index contributed by atoms with van der Waals surface area (Å²) in [5.74, 6) is 1.25. The zero-order valence-electron chi connectivity index (χ0n) is 9.63. The van der Waals surface area contributed by atoms with E-state index in [2.05, 4.69) is 10.2 Å². The normalized spacial score (nSPS) is 28.6. The van der Waals surface area contributed by atoms with Gasteiger partial charge in [0.15, 0.2) is 0 Å². The Bertz CT molecular complexity index is 412. The summed E-state index contributed by atoms with van der Waals surface area (Å²) in [4.78, 5) is 2.42. The Balaban J connectivity index is 1.65. The Hall–Kier alpha value is -0.640. The smallest absolute Gasteiger partial charge is 0.142 e. The van der Waals surface area contributed by atoms with Gasteiger partial charge in [-0.15, -0.1) is 0 Å². The highest BCUT2D eigenvalue weighted by molar-refractivity contribution is 6.30. The molecule has 4 heteroatoms. The molecule has 0 bridgehead atoms. The van der Waals surface area contributed by atoms with Crippen LogP contribution < -0.4 is 5.32 Å². The quantitative estimate of drug-likeness (QED) is 0.870. The molecule has 2 saturated heterocycles. The van der Waals surface area contributed by atoms with E-state index in [1.54, 1.807) is 12.1 Å². The fourth-order valence-corrected chi connectivity index (χ4v) is 3.10.